The van der Waals surface area contributed by atoms with Gasteiger partial charge in [-0.2, -0.15) is 12.6 Å². The molecule has 0 amide bonds. The van der Waals surface area contributed by atoms with E-state index in [0.717, 1.165) is 6.42 Å². The fourth-order valence-corrected chi connectivity index (χ4v) is 6.96. The summed E-state index contributed by atoms with van der Waals surface area (Å²) in [6, 6.07) is 0. The molecule has 180 valence electrons. The number of ether oxygens (including phenoxy) is 1. The Kier molecular flexibility index (Phi) is 34.8. The Balaban J connectivity index is 0. The zero-order valence-corrected chi connectivity index (χ0v) is 24.6. The van der Waals surface area contributed by atoms with Crippen molar-refractivity contribution in [3.05, 3.63) is 0 Å². The zero-order chi connectivity index (χ0) is 22.5. The molecule has 2 radical (unpaired) electrons. The molecule has 0 aliphatic carbocycles. The number of unbranched alkanes of at least 4 members (excludes halogenated alkanes) is 15. The van der Waals surface area contributed by atoms with Gasteiger partial charge in [-0.3, -0.25) is 4.79 Å². The maximum atomic E-state index is 10.6. The molecule has 0 unspecified atom stereocenters. The number of hydrogen-bond donors (Lipinski definition) is 1. The molecule has 0 saturated carbocycles. The van der Waals surface area contributed by atoms with Gasteiger partial charge in [0, 0.05) is 0 Å². The monoisotopic (exact) mass is 550 g/mol. The van der Waals surface area contributed by atoms with E-state index in [2.05, 4.69) is 33.4 Å². The van der Waals surface area contributed by atoms with Crippen LogP contribution in [0.15, 0.2) is 0 Å². The fraction of sp³-hybridized carbons (Fsp3) is 0.962. The van der Waals surface area contributed by atoms with Crippen molar-refractivity contribution >= 4 is 39.7 Å². The van der Waals surface area contributed by atoms with Crippen LogP contribution in [0.3, 0.4) is 0 Å². The van der Waals surface area contributed by atoms with Crippen molar-refractivity contribution in [3.63, 3.8) is 0 Å². The van der Waals surface area contributed by atoms with Gasteiger partial charge in [0.1, 0.15) is 0 Å². The Morgan fingerprint density at radius 1 is 0.600 bits per heavy atom. The van der Waals surface area contributed by atoms with Gasteiger partial charge in [-0.25, -0.2) is 0 Å². The van der Waals surface area contributed by atoms with Gasteiger partial charge in [-0.15, -0.1) is 0 Å². The van der Waals surface area contributed by atoms with Crippen LogP contribution in [0.2, 0.25) is 8.87 Å². The van der Waals surface area contributed by atoms with Crippen LogP contribution in [0.5, 0.6) is 0 Å². The van der Waals surface area contributed by atoms with E-state index >= 15 is 0 Å². The Morgan fingerprint density at radius 2 is 0.967 bits per heavy atom. The Hall–Kier alpha value is 0.619. The maximum absolute atomic E-state index is 10.6. The summed E-state index contributed by atoms with van der Waals surface area (Å²) in [6.45, 7) is 7.37. The third kappa shape index (κ3) is 33.3. The molecule has 0 bridgehead atoms. The molecule has 0 rings (SSSR count). The van der Waals surface area contributed by atoms with Crippen LogP contribution in [0.25, 0.3) is 0 Å². The second kappa shape index (κ2) is 31.8. The molecule has 0 atom stereocenters. The van der Waals surface area contributed by atoms with Crippen molar-refractivity contribution in [1.82, 2.24) is 0 Å². The van der Waals surface area contributed by atoms with E-state index in [1.807, 2.05) is 0 Å². The predicted octanol–water partition coefficient (Wildman–Crippen LogP) is 9.07. The van der Waals surface area contributed by atoms with Crippen molar-refractivity contribution < 1.29 is 9.53 Å². The molecular weight excluding hydrogens is 495 g/mol. The van der Waals surface area contributed by atoms with E-state index in [1.54, 1.807) is 21.7 Å². The topological polar surface area (TPSA) is 26.3 Å². The molecule has 0 spiro atoms. The number of esters is 1. The Bertz CT molecular complexity index is 299. The summed E-state index contributed by atoms with van der Waals surface area (Å²) in [4.78, 5) is 10.6. The molecule has 0 fully saturated rings. The predicted molar refractivity (Wildman–Crippen MR) is 140 cm³/mol. The first-order valence-corrected chi connectivity index (χ1v) is 17.9. The van der Waals surface area contributed by atoms with E-state index in [9.17, 15) is 4.79 Å². The SMILES string of the molecule is CCCCCCCCOC(=O)CS.CCCCCCC[CH2][Sn][CH2]CCCCCCC. The van der Waals surface area contributed by atoms with Gasteiger partial charge in [0.25, 0.3) is 0 Å². The molecule has 0 aromatic heterocycles. The van der Waals surface area contributed by atoms with Gasteiger partial charge in [0.2, 0.25) is 0 Å². The number of carbonyl (C=O) groups is 1. The molecule has 0 N–H and O–H groups in total. The van der Waals surface area contributed by atoms with E-state index in [4.69, 9.17) is 4.74 Å². The van der Waals surface area contributed by atoms with E-state index < -0.39 is 0 Å². The molecule has 4 heteroatoms. The summed E-state index contributed by atoms with van der Waals surface area (Å²) < 4.78 is 8.20. The van der Waals surface area contributed by atoms with E-state index in [0.29, 0.717) is 6.61 Å². The first-order chi connectivity index (χ1) is 14.7. The van der Waals surface area contributed by atoms with Crippen LogP contribution in [-0.4, -0.2) is 39.5 Å². The van der Waals surface area contributed by atoms with Crippen LogP contribution < -0.4 is 0 Å². The standard InChI is InChI=1S/C10H20O2S.2C8H17.Sn/c1-2-3-4-5-6-7-8-12-10(11)9-13;2*1-3-5-7-8-6-4-2;/h13H,2-9H2,1H3;2*1,3-8H2,2H3;. The van der Waals surface area contributed by atoms with Crippen LogP contribution in [-0.2, 0) is 9.53 Å². The number of hydrogen-bond acceptors (Lipinski definition) is 3. The normalized spacial score (nSPS) is 10.5. The molecule has 0 aliphatic heterocycles. The fourth-order valence-electron chi connectivity index (χ4n) is 3.30. The van der Waals surface area contributed by atoms with Crippen LogP contribution in [0, 0.1) is 0 Å². The zero-order valence-electron chi connectivity index (χ0n) is 20.8. The summed E-state index contributed by atoms with van der Waals surface area (Å²) in [5, 5.41) is 0. The minimum absolute atomic E-state index is 0.0736. The molecule has 30 heavy (non-hydrogen) atoms. The molecule has 0 aromatic rings. The Labute approximate surface area is 206 Å². The second-order valence-electron chi connectivity index (χ2n) is 8.43. The molecule has 0 aromatic carbocycles. The van der Waals surface area contributed by atoms with Crippen molar-refractivity contribution in [2.45, 2.75) is 145 Å². The van der Waals surface area contributed by atoms with Crippen molar-refractivity contribution in [2.24, 2.45) is 0 Å². The van der Waals surface area contributed by atoms with Gasteiger partial charge >= 0.3 is 127 Å². The van der Waals surface area contributed by atoms with Crippen LogP contribution in [0.1, 0.15) is 136 Å². The van der Waals surface area contributed by atoms with E-state index in [-0.39, 0.29) is 32.9 Å². The summed E-state index contributed by atoms with van der Waals surface area (Å²) in [5.74, 6) is -0.0209. The van der Waals surface area contributed by atoms with Gasteiger partial charge in [-0.05, 0) is 6.42 Å². The molecule has 0 saturated heterocycles. The van der Waals surface area contributed by atoms with Crippen molar-refractivity contribution in [2.75, 3.05) is 12.4 Å². The van der Waals surface area contributed by atoms with Crippen LogP contribution >= 0.6 is 12.6 Å². The number of carbonyl (C=O) groups excluding carboxylic acids is 1. The third-order valence-corrected chi connectivity index (χ3v) is 9.60. The summed E-state index contributed by atoms with van der Waals surface area (Å²) in [5.41, 5.74) is 0. The third-order valence-electron chi connectivity index (χ3n) is 5.30. The van der Waals surface area contributed by atoms with E-state index in [1.165, 1.54) is 96.3 Å². The summed E-state index contributed by atoms with van der Waals surface area (Å²) >= 11 is 3.89. The van der Waals surface area contributed by atoms with Gasteiger partial charge < -0.3 is 4.74 Å². The second-order valence-corrected chi connectivity index (χ2v) is 13.0. The quantitative estimate of drug-likeness (QED) is 0.0631. The first-order valence-electron chi connectivity index (χ1n) is 13.2. The van der Waals surface area contributed by atoms with Gasteiger partial charge in [0.05, 0.1) is 12.4 Å². The Morgan fingerprint density at radius 3 is 1.37 bits per heavy atom. The number of thiol groups is 1. The van der Waals surface area contributed by atoms with Crippen molar-refractivity contribution in [1.29, 1.82) is 0 Å². The molecule has 0 aliphatic rings. The summed E-state index contributed by atoms with van der Waals surface area (Å²) in [6.07, 6.45) is 25.1. The summed E-state index contributed by atoms with van der Waals surface area (Å²) in [7, 11) is 0. The molecule has 0 heterocycles. The van der Waals surface area contributed by atoms with Crippen LogP contribution in [0.4, 0.5) is 0 Å². The number of rotatable bonds is 22. The minimum atomic E-state index is -0.211. The average molecular weight is 549 g/mol. The van der Waals surface area contributed by atoms with Gasteiger partial charge in [-0.1, -0.05) is 39.0 Å². The van der Waals surface area contributed by atoms with Crippen molar-refractivity contribution in [3.8, 4) is 0 Å². The first kappa shape index (κ1) is 32.8. The van der Waals surface area contributed by atoms with Gasteiger partial charge in [0.15, 0.2) is 0 Å². The molecule has 2 nitrogen and oxygen atoms in total. The average Bonchev–Trinajstić information content (AvgIpc) is 2.76. The molecular formula is C26H54O2SSn.